The van der Waals surface area contributed by atoms with Gasteiger partial charge in [-0.3, -0.25) is 4.79 Å². The molecule has 0 aliphatic carbocycles. The predicted octanol–water partition coefficient (Wildman–Crippen LogP) is 3.11. The van der Waals surface area contributed by atoms with Crippen LogP contribution in [-0.2, 0) is 4.79 Å². The van der Waals surface area contributed by atoms with Crippen molar-refractivity contribution in [3.05, 3.63) is 22.4 Å². The van der Waals surface area contributed by atoms with Gasteiger partial charge in [-0.05, 0) is 40.9 Å². The first-order chi connectivity index (χ1) is 7.13. The molecule has 0 aliphatic rings. The van der Waals surface area contributed by atoms with Crippen LogP contribution in [0.25, 0.3) is 0 Å². The molecule has 0 spiro atoms. The number of hydrogen-bond acceptors (Lipinski definition) is 2. The standard InChI is InChI=1S/C10H12BrClN2O/c1-7-5-8(10(11)13-6-7)14-9(15)3-2-4-12/h5-6H,2-4H2,1H3,(H,14,15). The first-order valence-electron chi connectivity index (χ1n) is 4.61. The minimum absolute atomic E-state index is 0.0382. The van der Waals surface area contributed by atoms with E-state index in [1.165, 1.54) is 0 Å². The molecule has 0 saturated carbocycles. The molecule has 3 nitrogen and oxygen atoms in total. The largest absolute Gasteiger partial charge is 0.324 e. The molecule has 1 N–H and O–H groups in total. The SMILES string of the molecule is Cc1cnc(Br)c(NC(=O)CCCCl)c1. The fourth-order valence-electron chi connectivity index (χ4n) is 1.08. The summed E-state index contributed by atoms with van der Waals surface area (Å²) in [5.41, 5.74) is 1.71. The molecule has 0 saturated heterocycles. The molecule has 0 fully saturated rings. The van der Waals surface area contributed by atoms with E-state index in [2.05, 4.69) is 26.2 Å². The molecule has 82 valence electrons. The number of aryl methyl sites for hydroxylation is 1. The van der Waals surface area contributed by atoms with Crippen LogP contribution in [0, 0.1) is 6.92 Å². The van der Waals surface area contributed by atoms with Gasteiger partial charge < -0.3 is 5.32 Å². The van der Waals surface area contributed by atoms with Crippen molar-refractivity contribution in [3.63, 3.8) is 0 Å². The smallest absolute Gasteiger partial charge is 0.224 e. The van der Waals surface area contributed by atoms with Gasteiger partial charge in [-0.1, -0.05) is 0 Å². The predicted molar refractivity (Wildman–Crippen MR) is 65.3 cm³/mol. The summed E-state index contributed by atoms with van der Waals surface area (Å²) in [5, 5.41) is 2.78. The third-order valence-electron chi connectivity index (χ3n) is 1.79. The molecule has 0 radical (unpaired) electrons. The minimum atomic E-state index is -0.0382. The Balaban J connectivity index is 2.63. The number of nitrogens with zero attached hydrogens (tertiary/aromatic N) is 1. The molecule has 0 aromatic carbocycles. The molecule has 1 heterocycles. The Labute approximate surface area is 102 Å². The fourth-order valence-corrected chi connectivity index (χ4v) is 1.53. The summed E-state index contributed by atoms with van der Waals surface area (Å²) in [7, 11) is 0. The maximum Gasteiger partial charge on any atom is 0.224 e. The summed E-state index contributed by atoms with van der Waals surface area (Å²) in [6.07, 6.45) is 2.85. The molecule has 15 heavy (non-hydrogen) atoms. The number of pyridine rings is 1. The average molecular weight is 292 g/mol. The van der Waals surface area contributed by atoms with E-state index in [9.17, 15) is 4.79 Å². The van der Waals surface area contributed by atoms with Gasteiger partial charge in [0.05, 0.1) is 5.69 Å². The van der Waals surface area contributed by atoms with E-state index in [-0.39, 0.29) is 5.91 Å². The van der Waals surface area contributed by atoms with Crippen molar-refractivity contribution in [1.29, 1.82) is 0 Å². The van der Waals surface area contributed by atoms with E-state index < -0.39 is 0 Å². The Hall–Kier alpha value is -0.610. The Morgan fingerprint density at radius 1 is 1.67 bits per heavy atom. The first-order valence-corrected chi connectivity index (χ1v) is 5.94. The van der Waals surface area contributed by atoms with Crippen LogP contribution in [0.4, 0.5) is 5.69 Å². The second-order valence-electron chi connectivity index (χ2n) is 3.19. The fraction of sp³-hybridized carbons (Fsp3) is 0.400. The number of rotatable bonds is 4. The number of halogens is 2. The van der Waals surface area contributed by atoms with Crippen LogP contribution in [-0.4, -0.2) is 16.8 Å². The highest BCUT2D eigenvalue weighted by Gasteiger charge is 2.06. The van der Waals surface area contributed by atoms with Gasteiger partial charge in [0.15, 0.2) is 0 Å². The number of carbonyl (C=O) groups excluding carboxylic acids is 1. The van der Waals surface area contributed by atoms with Crippen LogP contribution in [0.1, 0.15) is 18.4 Å². The van der Waals surface area contributed by atoms with Crippen molar-refractivity contribution in [2.45, 2.75) is 19.8 Å². The molecular weight excluding hydrogens is 279 g/mol. The first kappa shape index (κ1) is 12.5. The molecule has 0 aliphatic heterocycles. The number of hydrogen-bond donors (Lipinski definition) is 1. The summed E-state index contributed by atoms with van der Waals surface area (Å²) in [6.45, 7) is 1.92. The van der Waals surface area contributed by atoms with Crippen molar-refractivity contribution in [2.75, 3.05) is 11.2 Å². The maximum absolute atomic E-state index is 11.4. The zero-order valence-corrected chi connectivity index (χ0v) is 10.7. The Bertz CT molecular complexity index is 357. The van der Waals surface area contributed by atoms with E-state index in [1.54, 1.807) is 6.20 Å². The second kappa shape index (κ2) is 6.08. The molecule has 1 rings (SSSR count). The highest BCUT2D eigenvalue weighted by Crippen LogP contribution is 2.20. The van der Waals surface area contributed by atoms with E-state index in [0.717, 1.165) is 5.56 Å². The van der Waals surface area contributed by atoms with Crippen LogP contribution >= 0.6 is 27.5 Å². The highest BCUT2D eigenvalue weighted by atomic mass is 79.9. The molecule has 1 amide bonds. The van der Waals surface area contributed by atoms with E-state index >= 15 is 0 Å². The van der Waals surface area contributed by atoms with Gasteiger partial charge in [0, 0.05) is 18.5 Å². The van der Waals surface area contributed by atoms with Gasteiger partial charge in [-0.25, -0.2) is 4.98 Å². The molecule has 1 aromatic heterocycles. The average Bonchev–Trinajstić information content (AvgIpc) is 2.20. The lowest BCUT2D eigenvalue weighted by Gasteiger charge is -2.06. The van der Waals surface area contributed by atoms with Crippen LogP contribution in [0.3, 0.4) is 0 Å². The van der Waals surface area contributed by atoms with Gasteiger partial charge in [0.1, 0.15) is 4.60 Å². The van der Waals surface area contributed by atoms with Crippen molar-refractivity contribution in [2.24, 2.45) is 0 Å². The lowest BCUT2D eigenvalue weighted by atomic mass is 10.2. The lowest BCUT2D eigenvalue weighted by molar-refractivity contribution is -0.116. The van der Waals surface area contributed by atoms with Crippen molar-refractivity contribution < 1.29 is 4.79 Å². The quantitative estimate of drug-likeness (QED) is 0.684. The van der Waals surface area contributed by atoms with Gasteiger partial charge in [-0.2, -0.15) is 0 Å². The van der Waals surface area contributed by atoms with Gasteiger partial charge >= 0.3 is 0 Å². The summed E-state index contributed by atoms with van der Waals surface area (Å²) in [6, 6.07) is 1.87. The van der Waals surface area contributed by atoms with Crippen LogP contribution in [0.15, 0.2) is 16.9 Å². The minimum Gasteiger partial charge on any atom is -0.324 e. The van der Waals surface area contributed by atoms with E-state index in [0.29, 0.717) is 29.0 Å². The number of carbonyl (C=O) groups is 1. The van der Waals surface area contributed by atoms with Crippen LogP contribution in [0.5, 0.6) is 0 Å². The van der Waals surface area contributed by atoms with E-state index in [1.807, 2.05) is 13.0 Å². The summed E-state index contributed by atoms with van der Waals surface area (Å²) < 4.78 is 0.646. The van der Waals surface area contributed by atoms with Crippen LogP contribution in [0.2, 0.25) is 0 Å². The van der Waals surface area contributed by atoms with Gasteiger partial charge in [0.2, 0.25) is 5.91 Å². The molecular formula is C10H12BrClN2O. The van der Waals surface area contributed by atoms with Crippen molar-refractivity contribution >= 4 is 39.1 Å². The van der Waals surface area contributed by atoms with Gasteiger partial charge in [0.25, 0.3) is 0 Å². The lowest BCUT2D eigenvalue weighted by Crippen LogP contribution is -2.12. The monoisotopic (exact) mass is 290 g/mol. The third-order valence-corrected chi connectivity index (χ3v) is 2.69. The number of anilines is 1. The highest BCUT2D eigenvalue weighted by molar-refractivity contribution is 9.10. The zero-order valence-electron chi connectivity index (χ0n) is 8.39. The molecule has 0 atom stereocenters. The number of nitrogens with one attached hydrogen (secondary N) is 1. The molecule has 1 aromatic rings. The number of alkyl halides is 1. The molecule has 5 heteroatoms. The number of aromatic nitrogens is 1. The zero-order chi connectivity index (χ0) is 11.3. The molecule has 0 unspecified atom stereocenters. The Morgan fingerprint density at radius 3 is 3.07 bits per heavy atom. The maximum atomic E-state index is 11.4. The third kappa shape index (κ3) is 4.18. The molecule has 0 bridgehead atoms. The number of amides is 1. The van der Waals surface area contributed by atoms with Crippen LogP contribution < -0.4 is 5.32 Å². The Kier molecular flexibility index (Phi) is 5.05. The topological polar surface area (TPSA) is 42.0 Å². The normalized spacial score (nSPS) is 10.1. The summed E-state index contributed by atoms with van der Waals surface area (Å²) in [5.74, 6) is 0.462. The second-order valence-corrected chi connectivity index (χ2v) is 4.32. The van der Waals surface area contributed by atoms with Gasteiger partial charge in [-0.15, -0.1) is 11.6 Å². The summed E-state index contributed by atoms with van der Waals surface area (Å²) in [4.78, 5) is 15.5. The van der Waals surface area contributed by atoms with Crippen molar-refractivity contribution in [1.82, 2.24) is 4.98 Å². The van der Waals surface area contributed by atoms with Crippen molar-refractivity contribution in [3.8, 4) is 0 Å². The Morgan fingerprint density at radius 2 is 2.40 bits per heavy atom. The van der Waals surface area contributed by atoms with E-state index in [4.69, 9.17) is 11.6 Å². The summed E-state index contributed by atoms with van der Waals surface area (Å²) >= 11 is 8.78.